The van der Waals surface area contributed by atoms with E-state index in [0.29, 0.717) is 4.54 Å². The minimum absolute atomic E-state index is 0.00458. The molecule has 0 aliphatic carbocycles. The summed E-state index contributed by atoms with van der Waals surface area (Å²) in [6.45, 7) is 8.05. The van der Waals surface area contributed by atoms with E-state index in [1.54, 1.807) is 0 Å². The number of halogens is 1. The lowest BCUT2D eigenvalue weighted by Gasteiger charge is -2.24. The van der Waals surface area contributed by atoms with Gasteiger partial charge in [-0.2, -0.15) is 0 Å². The molecule has 0 saturated heterocycles. The van der Waals surface area contributed by atoms with Crippen molar-refractivity contribution in [3.05, 3.63) is 28.9 Å². The van der Waals surface area contributed by atoms with Gasteiger partial charge in [0.25, 0.3) is 0 Å². The fourth-order valence-electron chi connectivity index (χ4n) is 1.68. The van der Waals surface area contributed by atoms with Gasteiger partial charge in [0.1, 0.15) is 5.82 Å². The van der Waals surface area contributed by atoms with Gasteiger partial charge in [0, 0.05) is 5.10 Å². The zero-order valence-electron chi connectivity index (χ0n) is 11.9. The SMILES string of the molecule is CC(Nc1[nH][n+](=O)c2cc(F)ccc2[n+]1O)C(C)(C)C. The lowest BCUT2D eigenvalue weighted by Crippen LogP contribution is -2.45. The van der Waals surface area contributed by atoms with E-state index >= 15 is 0 Å². The Hall–Kier alpha value is -2.18. The number of aromatic nitrogens is 3. The number of nitrogens with one attached hydrogen (secondary N) is 2. The molecule has 108 valence electrons. The van der Waals surface area contributed by atoms with Crippen molar-refractivity contribution in [1.82, 2.24) is 5.10 Å². The van der Waals surface area contributed by atoms with Crippen molar-refractivity contribution >= 4 is 17.0 Å². The Balaban J connectivity index is 2.54. The smallest absolute Gasteiger partial charge is 0.371 e. The van der Waals surface area contributed by atoms with Gasteiger partial charge in [0.05, 0.1) is 17.0 Å². The predicted octanol–water partition coefficient (Wildman–Crippen LogP) is 1.59. The molecule has 1 unspecified atom stereocenters. The first-order valence-corrected chi connectivity index (χ1v) is 6.36. The summed E-state index contributed by atoms with van der Waals surface area (Å²) < 4.78 is 14.4. The summed E-state index contributed by atoms with van der Waals surface area (Å²) in [6.07, 6.45) is 0. The van der Waals surface area contributed by atoms with Crippen LogP contribution < -0.4 is 14.6 Å². The normalized spacial score (nSPS) is 13.4. The maximum Gasteiger partial charge on any atom is 0.449 e. The molecule has 1 atom stereocenters. The van der Waals surface area contributed by atoms with Gasteiger partial charge in [0.2, 0.25) is 10.1 Å². The highest BCUT2D eigenvalue weighted by atomic mass is 19.1. The number of fused-ring (bicyclic) bond motifs is 1. The number of nitrogens with zero attached hydrogens (tertiary/aromatic N) is 2. The molecule has 0 bridgehead atoms. The Morgan fingerprint density at radius 2 is 2.00 bits per heavy atom. The van der Waals surface area contributed by atoms with Crippen LogP contribution in [0.2, 0.25) is 0 Å². The first kappa shape index (κ1) is 14.2. The predicted molar refractivity (Wildman–Crippen MR) is 71.5 cm³/mol. The quantitative estimate of drug-likeness (QED) is 0.578. The summed E-state index contributed by atoms with van der Waals surface area (Å²) >= 11 is 0. The zero-order chi connectivity index (χ0) is 15.1. The molecule has 0 amide bonds. The van der Waals surface area contributed by atoms with Gasteiger partial charge in [0.15, 0.2) is 0 Å². The number of rotatable bonds is 2. The molecule has 0 radical (unpaired) electrons. The van der Waals surface area contributed by atoms with Gasteiger partial charge in [-0.25, -0.2) is 4.39 Å². The number of hydrogen-bond acceptors (Lipinski definition) is 3. The Kier molecular flexibility index (Phi) is 3.37. The summed E-state index contributed by atoms with van der Waals surface area (Å²) in [5.74, 6) is -0.402. The van der Waals surface area contributed by atoms with E-state index in [2.05, 4.69) is 10.4 Å². The first-order valence-electron chi connectivity index (χ1n) is 6.36. The Morgan fingerprint density at radius 1 is 1.35 bits per heavy atom. The molecule has 3 N–H and O–H groups in total. The standard InChI is InChI=1S/C13H18FN4O2/c1-8(13(2,3)4)15-12-16-18(20)11-7-9(14)5-6-10(11)17(12)19/h5-8,19H,1-4H3,(H,15,16,20)/q+1/p+1. The van der Waals surface area contributed by atoms with E-state index in [1.165, 1.54) is 12.1 Å². The molecular formula is C13H19FN4O2+2. The zero-order valence-corrected chi connectivity index (χ0v) is 11.9. The maximum absolute atomic E-state index is 13.1. The third kappa shape index (κ3) is 2.56. The average molecular weight is 282 g/mol. The van der Waals surface area contributed by atoms with E-state index in [9.17, 15) is 14.5 Å². The van der Waals surface area contributed by atoms with Crippen LogP contribution in [0.5, 0.6) is 0 Å². The molecule has 1 aromatic carbocycles. The Bertz CT molecular complexity index is 706. The highest BCUT2D eigenvalue weighted by Crippen LogP contribution is 2.21. The molecule has 1 heterocycles. The second-order valence-corrected chi connectivity index (χ2v) is 5.93. The molecular weight excluding hydrogens is 263 g/mol. The van der Waals surface area contributed by atoms with Crippen LogP contribution in [0.25, 0.3) is 11.0 Å². The molecule has 20 heavy (non-hydrogen) atoms. The fraction of sp³-hybridized carbons (Fsp3) is 0.462. The second kappa shape index (κ2) is 4.73. The summed E-state index contributed by atoms with van der Waals surface area (Å²) in [5, 5.41) is 15.6. The lowest BCUT2D eigenvalue weighted by atomic mass is 9.88. The van der Waals surface area contributed by atoms with Crippen LogP contribution in [0.15, 0.2) is 18.2 Å². The molecule has 0 fully saturated rings. The second-order valence-electron chi connectivity index (χ2n) is 5.93. The van der Waals surface area contributed by atoms with E-state index < -0.39 is 5.82 Å². The van der Waals surface area contributed by atoms with Crippen LogP contribution in [0, 0.1) is 16.1 Å². The van der Waals surface area contributed by atoms with Crippen LogP contribution in [0.4, 0.5) is 10.3 Å². The minimum atomic E-state index is -0.542. The van der Waals surface area contributed by atoms with E-state index in [4.69, 9.17) is 0 Å². The van der Waals surface area contributed by atoms with Gasteiger partial charge < -0.3 is 5.21 Å². The van der Waals surface area contributed by atoms with Gasteiger partial charge in [-0.3, -0.25) is 5.32 Å². The van der Waals surface area contributed by atoms with E-state index in [1.807, 2.05) is 27.7 Å². The van der Waals surface area contributed by atoms with Gasteiger partial charge >= 0.3 is 11.5 Å². The number of aromatic amines is 1. The van der Waals surface area contributed by atoms with Crippen molar-refractivity contribution in [2.75, 3.05) is 5.32 Å². The van der Waals surface area contributed by atoms with Gasteiger partial charge in [-0.1, -0.05) is 20.8 Å². The molecule has 7 heteroatoms. The summed E-state index contributed by atoms with van der Waals surface area (Å²) in [5.41, 5.74) is 0.164. The number of anilines is 1. The molecule has 2 rings (SSSR count). The van der Waals surface area contributed by atoms with Crippen molar-refractivity contribution in [2.24, 2.45) is 5.41 Å². The van der Waals surface area contributed by atoms with Crippen molar-refractivity contribution in [2.45, 2.75) is 33.7 Å². The number of hydrogen-bond donors (Lipinski definition) is 3. The van der Waals surface area contributed by atoms with Crippen molar-refractivity contribution in [1.29, 1.82) is 0 Å². The Labute approximate surface area is 115 Å². The maximum atomic E-state index is 13.1. The molecule has 0 saturated carbocycles. The highest BCUT2D eigenvalue weighted by Gasteiger charge is 2.29. The molecule has 2 aromatic rings. The topological polar surface area (TPSA) is 74.9 Å². The Morgan fingerprint density at radius 3 is 2.60 bits per heavy atom. The third-order valence-corrected chi connectivity index (χ3v) is 3.46. The van der Waals surface area contributed by atoms with Gasteiger partial charge in [-0.05, 0) is 29.2 Å². The fourth-order valence-corrected chi connectivity index (χ4v) is 1.68. The van der Waals surface area contributed by atoms with Crippen LogP contribution in [-0.4, -0.2) is 16.3 Å². The monoisotopic (exact) mass is 282 g/mol. The molecule has 0 aliphatic rings. The molecule has 0 aliphatic heterocycles. The van der Waals surface area contributed by atoms with Crippen LogP contribution in [0.3, 0.4) is 0 Å². The average Bonchev–Trinajstić information content (AvgIpc) is 2.34. The van der Waals surface area contributed by atoms with Gasteiger partial charge in [-0.15, -0.1) is 0 Å². The minimum Gasteiger partial charge on any atom is -0.371 e. The van der Waals surface area contributed by atoms with Crippen molar-refractivity contribution in [3.8, 4) is 0 Å². The first-order chi connectivity index (χ1) is 9.20. The van der Waals surface area contributed by atoms with Crippen LogP contribution in [0.1, 0.15) is 27.7 Å². The van der Waals surface area contributed by atoms with Crippen LogP contribution >= 0.6 is 0 Å². The summed E-state index contributed by atoms with van der Waals surface area (Å²) in [4.78, 5) is 11.9. The van der Waals surface area contributed by atoms with E-state index in [0.717, 1.165) is 10.8 Å². The number of H-pyrrole nitrogens is 1. The van der Waals surface area contributed by atoms with E-state index in [-0.39, 0.29) is 28.4 Å². The lowest BCUT2D eigenvalue weighted by molar-refractivity contribution is -0.881. The summed E-state index contributed by atoms with van der Waals surface area (Å²) in [6, 6.07) is 3.59. The number of benzene rings is 1. The third-order valence-electron chi connectivity index (χ3n) is 3.46. The van der Waals surface area contributed by atoms with Crippen molar-refractivity contribution in [3.63, 3.8) is 0 Å². The summed E-state index contributed by atoms with van der Waals surface area (Å²) in [7, 11) is 0. The largest absolute Gasteiger partial charge is 0.449 e. The molecule has 0 spiro atoms. The van der Waals surface area contributed by atoms with Crippen molar-refractivity contribution < 1.29 is 18.9 Å². The molecule has 1 aromatic heterocycles. The molecule has 6 nitrogen and oxygen atoms in total. The van der Waals surface area contributed by atoms with Crippen LogP contribution in [-0.2, 0) is 0 Å². The highest BCUT2D eigenvalue weighted by molar-refractivity contribution is 5.67.